The number of sulfonamides is 1. The first kappa shape index (κ1) is 15.0. The summed E-state index contributed by atoms with van der Waals surface area (Å²) in [6.07, 6.45) is 3.71. The molecule has 0 amide bonds. The number of aromatic nitrogens is 2. The molecule has 0 unspecified atom stereocenters. The fourth-order valence-corrected chi connectivity index (χ4v) is 3.46. The second-order valence-electron chi connectivity index (χ2n) is 5.43. The van der Waals surface area contributed by atoms with E-state index in [1.54, 1.807) is 4.57 Å². The molecule has 0 spiro atoms. The smallest absolute Gasteiger partial charge is 0.306 e. The Labute approximate surface area is 118 Å². The summed E-state index contributed by atoms with van der Waals surface area (Å²) in [7, 11) is -2.17. The van der Waals surface area contributed by atoms with Crippen molar-refractivity contribution in [3.63, 3.8) is 0 Å². The molecule has 20 heavy (non-hydrogen) atoms. The van der Waals surface area contributed by atoms with E-state index >= 15 is 0 Å². The van der Waals surface area contributed by atoms with Gasteiger partial charge in [-0.25, -0.2) is 13.4 Å². The molecule has 0 radical (unpaired) electrons. The SMILES string of the molecule is CC(C)n1cnc(S(=O)(=O)N(C)C2CC(C(=O)O)C2)c1. The summed E-state index contributed by atoms with van der Waals surface area (Å²) >= 11 is 0. The van der Waals surface area contributed by atoms with E-state index in [0.717, 1.165) is 0 Å². The molecule has 1 saturated carbocycles. The maximum absolute atomic E-state index is 12.4. The standard InChI is InChI=1S/C12H19N3O4S/c1-8(2)15-6-11(13-7-15)20(18,19)14(3)10-4-9(5-10)12(16)17/h6-10H,4-5H2,1-3H3,(H,16,17). The van der Waals surface area contributed by atoms with Gasteiger partial charge in [-0.3, -0.25) is 4.79 Å². The normalized spacial score (nSPS) is 23.1. The lowest BCUT2D eigenvalue weighted by Crippen LogP contribution is -2.47. The van der Waals surface area contributed by atoms with E-state index in [0.29, 0.717) is 12.8 Å². The molecule has 0 saturated heterocycles. The molecule has 0 atom stereocenters. The highest BCUT2D eigenvalue weighted by Crippen LogP contribution is 2.33. The number of aliphatic carboxylic acids is 1. The van der Waals surface area contributed by atoms with Gasteiger partial charge in [-0.1, -0.05) is 0 Å². The van der Waals surface area contributed by atoms with Crippen LogP contribution in [0.15, 0.2) is 17.6 Å². The van der Waals surface area contributed by atoms with Crippen LogP contribution in [0.5, 0.6) is 0 Å². The number of carboxylic acids is 1. The second-order valence-corrected chi connectivity index (χ2v) is 7.38. The molecule has 0 bridgehead atoms. The van der Waals surface area contributed by atoms with Crippen LogP contribution in [0.3, 0.4) is 0 Å². The van der Waals surface area contributed by atoms with Crippen molar-refractivity contribution >= 4 is 16.0 Å². The molecule has 1 aromatic heterocycles. The van der Waals surface area contributed by atoms with Crippen molar-refractivity contribution in [2.45, 2.75) is 43.8 Å². The highest BCUT2D eigenvalue weighted by Gasteiger charge is 2.41. The van der Waals surface area contributed by atoms with Crippen molar-refractivity contribution in [2.75, 3.05) is 7.05 Å². The third-order valence-electron chi connectivity index (χ3n) is 3.79. The molecule has 2 rings (SSSR count). The summed E-state index contributed by atoms with van der Waals surface area (Å²) < 4.78 is 27.7. The molecule has 1 aliphatic rings. The quantitative estimate of drug-likeness (QED) is 0.874. The average Bonchev–Trinajstić information content (AvgIpc) is 2.75. The topological polar surface area (TPSA) is 92.5 Å². The molecule has 112 valence electrons. The molecule has 1 aromatic rings. The molecular formula is C12H19N3O4S. The zero-order chi connectivity index (χ0) is 15.1. The summed E-state index contributed by atoms with van der Waals surface area (Å²) in [6, 6.07) is -0.123. The van der Waals surface area contributed by atoms with Crippen LogP contribution in [-0.4, -0.2) is 46.4 Å². The summed E-state index contributed by atoms with van der Waals surface area (Å²) in [5, 5.41) is 8.84. The minimum atomic E-state index is -3.65. The maximum atomic E-state index is 12.4. The number of carbonyl (C=O) groups is 1. The van der Waals surface area contributed by atoms with Crippen LogP contribution in [0, 0.1) is 5.92 Å². The van der Waals surface area contributed by atoms with Gasteiger partial charge in [0, 0.05) is 25.3 Å². The molecule has 1 N–H and O–H groups in total. The highest BCUT2D eigenvalue weighted by atomic mass is 32.2. The average molecular weight is 301 g/mol. The lowest BCUT2D eigenvalue weighted by molar-refractivity contribution is -0.146. The Morgan fingerprint density at radius 2 is 2.10 bits per heavy atom. The Kier molecular flexibility index (Phi) is 3.88. The van der Waals surface area contributed by atoms with E-state index in [1.165, 1.54) is 23.9 Å². The van der Waals surface area contributed by atoms with E-state index < -0.39 is 21.9 Å². The van der Waals surface area contributed by atoms with Crippen LogP contribution in [0.4, 0.5) is 0 Å². The number of carboxylic acid groups (broad SMARTS) is 1. The van der Waals surface area contributed by atoms with Gasteiger partial charge >= 0.3 is 5.97 Å². The van der Waals surface area contributed by atoms with E-state index in [9.17, 15) is 13.2 Å². The second kappa shape index (κ2) is 5.17. The van der Waals surface area contributed by atoms with E-state index in [1.807, 2.05) is 13.8 Å². The van der Waals surface area contributed by atoms with Gasteiger partial charge in [-0.2, -0.15) is 4.31 Å². The van der Waals surface area contributed by atoms with Gasteiger partial charge in [-0.05, 0) is 26.7 Å². The van der Waals surface area contributed by atoms with Gasteiger partial charge in [0.1, 0.15) is 0 Å². The Balaban J connectivity index is 2.12. The van der Waals surface area contributed by atoms with Crippen molar-refractivity contribution in [1.29, 1.82) is 0 Å². The fraction of sp³-hybridized carbons (Fsp3) is 0.667. The molecule has 0 aromatic carbocycles. The number of nitrogens with zero attached hydrogens (tertiary/aromatic N) is 3. The Bertz CT molecular complexity index is 602. The minimum absolute atomic E-state index is 0.00692. The lowest BCUT2D eigenvalue weighted by Gasteiger charge is -2.37. The molecule has 0 aliphatic heterocycles. The van der Waals surface area contributed by atoms with E-state index in [-0.39, 0.29) is 17.1 Å². The van der Waals surface area contributed by atoms with E-state index in [2.05, 4.69) is 4.98 Å². The minimum Gasteiger partial charge on any atom is -0.481 e. The molecular weight excluding hydrogens is 282 g/mol. The Morgan fingerprint density at radius 1 is 1.50 bits per heavy atom. The van der Waals surface area contributed by atoms with Gasteiger partial charge in [0.2, 0.25) is 0 Å². The number of hydrogen-bond acceptors (Lipinski definition) is 4. The first-order chi connectivity index (χ1) is 9.23. The van der Waals surface area contributed by atoms with Gasteiger partial charge in [0.25, 0.3) is 10.0 Å². The first-order valence-corrected chi connectivity index (χ1v) is 7.91. The van der Waals surface area contributed by atoms with Crippen LogP contribution < -0.4 is 0 Å². The molecule has 1 fully saturated rings. The molecule has 1 heterocycles. The van der Waals surface area contributed by atoms with Gasteiger partial charge < -0.3 is 9.67 Å². The van der Waals surface area contributed by atoms with E-state index in [4.69, 9.17) is 5.11 Å². The van der Waals surface area contributed by atoms with Crippen LogP contribution in [-0.2, 0) is 14.8 Å². The summed E-state index contributed by atoms with van der Waals surface area (Å²) in [5.41, 5.74) is 0. The molecule has 8 heteroatoms. The zero-order valence-corrected chi connectivity index (χ0v) is 12.5. The Morgan fingerprint density at radius 3 is 2.55 bits per heavy atom. The Hall–Kier alpha value is -1.41. The van der Waals surface area contributed by atoms with Crippen molar-refractivity contribution in [1.82, 2.24) is 13.9 Å². The van der Waals surface area contributed by atoms with Crippen molar-refractivity contribution in [3.05, 3.63) is 12.5 Å². The number of imidazole rings is 1. The summed E-state index contributed by atoms with van der Waals surface area (Å²) in [5.74, 6) is -1.30. The van der Waals surface area contributed by atoms with Crippen LogP contribution in [0.25, 0.3) is 0 Å². The van der Waals surface area contributed by atoms with Crippen LogP contribution >= 0.6 is 0 Å². The summed E-state index contributed by atoms with van der Waals surface area (Å²) in [6.45, 7) is 3.87. The number of rotatable bonds is 5. The van der Waals surface area contributed by atoms with Crippen molar-refractivity contribution in [2.24, 2.45) is 5.92 Å². The number of hydrogen-bond donors (Lipinski definition) is 1. The highest BCUT2D eigenvalue weighted by molar-refractivity contribution is 7.89. The largest absolute Gasteiger partial charge is 0.481 e. The third kappa shape index (κ3) is 2.57. The fourth-order valence-electron chi connectivity index (χ4n) is 2.16. The van der Waals surface area contributed by atoms with Crippen LogP contribution in [0.1, 0.15) is 32.7 Å². The zero-order valence-electron chi connectivity index (χ0n) is 11.7. The van der Waals surface area contributed by atoms with Gasteiger partial charge in [0.05, 0.1) is 12.2 Å². The molecule has 7 nitrogen and oxygen atoms in total. The molecule has 1 aliphatic carbocycles. The third-order valence-corrected chi connectivity index (χ3v) is 5.59. The van der Waals surface area contributed by atoms with Crippen molar-refractivity contribution in [3.8, 4) is 0 Å². The maximum Gasteiger partial charge on any atom is 0.306 e. The first-order valence-electron chi connectivity index (χ1n) is 6.47. The van der Waals surface area contributed by atoms with Crippen LogP contribution in [0.2, 0.25) is 0 Å². The monoisotopic (exact) mass is 301 g/mol. The lowest BCUT2D eigenvalue weighted by atomic mass is 9.80. The summed E-state index contributed by atoms with van der Waals surface area (Å²) in [4.78, 5) is 14.7. The van der Waals surface area contributed by atoms with Crippen molar-refractivity contribution < 1.29 is 18.3 Å². The van der Waals surface area contributed by atoms with Gasteiger partial charge in [-0.15, -0.1) is 0 Å². The predicted molar refractivity (Wildman–Crippen MR) is 71.7 cm³/mol. The predicted octanol–water partition coefficient (Wildman–Crippen LogP) is 0.948. The van der Waals surface area contributed by atoms with Gasteiger partial charge in [0.15, 0.2) is 5.03 Å².